The zero-order chi connectivity index (χ0) is 13.0. The van der Waals surface area contributed by atoms with E-state index in [0.29, 0.717) is 7.18 Å². The van der Waals surface area contributed by atoms with Crippen molar-refractivity contribution in [3.63, 3.8) is 0 Å². The van der Waals surface area contributed by atoms with Crippen LogP contribution in [0.3, 0.4) is 0 Å². The molecule has 0 atom stereocenters. The first-order valence-electron chi connectivity index (χ1n) is 5.50. The van der Waals surface area contributed by atoms with Gasteiger partial charge in [0.15, 0.2) is 0 Å². The van der Waals surface area contributed by atoms with Gasteiger partial charge >= 0.3 is 0 Å². The molecule has 0 N–H and O–H groups in total. The van der Waals surface area contributed by atoms with Gasteiger partial charge in [0.05, 0.1) is 7.18 Å². The standard InChI is InChI=1S/C10H15NS.C2H6.CH3F/c1-4-6-10-9(5-2)11(3)7-8-12-10;2*1-2/h4-6H,1,7-8H2,2-3H3;1-2H3;1H3/b9-5+,10-6+;;. The van der Waals surface area contributed by atoms with E-state index >= 15 is 0 Å². The van der Waals surface area contributed by atoms with Gasteiger partial charge in [-0.1, -0.05) is 32.6 Å². The number of hydrogen-bond acceptors (Lipinski definition) is 2. The molecule has 0 amide bonds. The van der Waals surface area contributed by atoms with Crippen LogP contribution in [0.4, 0.5) is 4.39 Å². The quantitative estimate of drug-likeness (QED) is 0.679. The second-order valence-electron chi connectivity index (χ2n) is 2.71. The fraction of sp³-hybridized carbons (Fsp3) is 0.538. The van der Waals surface area contributed by atoms with Crippen LogP contribution in [-0.2, 0) is 0 Å². The van der Waals surface area contributed by atoms with E-state index in [1.807, 2.05) is 31.7 Å². The number of rotatable bonds is 1. The largest absolute Gasteiger partial charge is 0.373 e. The lowest BCUT2D eigenvalue weighted by Gasteiger charge is -2.29. The molecule has 1 nitrogen and oxygen atoms in total. The number of thioether (sulfide) groups is 1. The molecule has 1 heterocycles. The molecule has 3 heteroatoms. The molecule has 16 heavy (non-hydrogen) atoms. The highest BCUT2D eigenvalue weighted by molar-refractivity contribution is 8.03. The summed E-state index contributed by atoms with van der Waals surface area (Å²) in [5, 5.41) is 0. The van der Waals surface area contributed by atoms with Crippen molar-refractivity contribution in [3.8, 4) is 0 Å². The van der Waals surface area contributed by atoms with Crippen molar-refractivity contribution in [2.75, 3.05) is 26.5 Å². The lowest BCUT2D eigenvalue weighted by atomic mass is 10.3. The number of nitrogens with zero attached hydrogens (tertiary/aromatic N) is 1. The Labute approximate surface area is 104 Å². The first-order chi connectivity index (χ1) is 7.79. The fourth-order valence-electron chi connectivity index (χ4n) is 1.28. The third kappa shape index (κ3) is 6.01. The molecule has 1 rings (SSSR count). The minimum atomic E-state index is 0.500. The van der Waals surface area contributed by atoms with E-state index < -0.39 is 0 Å². The highest BCUT2D eigenvalue weighted by Crippen LogP contribution is 2.30. The second-order valence-corrected chi connectivity index (χ2v) is 3.85. The van der Waals surface area contributed by atoms with Gasteiger partial charge in [0, 0.05) is 29.9 Å². The Hall–Kier alpha value is -0.700. The SMILES string of the molecule is C=C/C=C1/SCCN(C)/C1=C/C.CC.CF. The highest BCUT2D eigenvalue weighted by Gasteiger charge is 2.14. The Morgan fingerprint density at radius 3 is 2.38 bits per heavy atom. The van der Waals surface area contributed by atoms with E-state index in [2.05, 4.69) is 37.6 Å². The normalized spacial score (nSPS) is 19.5. The van der Waals surface area contributed by atoms with E-state index in [4.69, 9.17) is 0 Å². The van der Waals surface area contributed by atoms with Crippen LogP contribution in [-0.4, -0.2) is 31.4 Å². The number of halogens is 1. The van der Waals surface area contributed by atoms with Gasteiger partial charge in [-0.15, -0.1) is 11.8 Å². The van der Waals surface area contributed by atoms with Crippen LogP contribution in [0, 0.1) is 0 Å². The van der Waals surface area contributed by atoms with Gasteiger partial charge < -0.3 is 4.90 Å². The van der Waals surface area contributed by atoms with Crippen molar-refractivity contribution >= 4 is 11.8 Å². The zero-order valence-electron chi connectivity index (χ0n) is 11.1. The predicted molar refractivity (Wildman–Crippen MR) is 75.5 cm³/mol. The molecule has 0 aliphatic carbocycles. The van der Waals surface area contributed by atoms with Crippen molar-refractivity contribution < 1.29 is 4.39 Å². The molecule has 0 bridgehead atoms. The lowest BCUT2D eigenvalue weighted by Crippen LogP contribution is -2.25. The second kappa shape index (κ2) is 12.4. The predicted octanol–water partition coefficient (Wildman–Crippen LogP) is 4.25. The molecule has 1 fully saturated rings. The minimum absolute atomic E-state index is 0.500. The van der Waals surface area contributed by atoms with Gasteiger partial charge in [0.2, 0.25) is 0 Å². The van der Waals surface area contributed by atoms with Crippen LogP contribution in [0.5, 0.6) is 0 Å². The molecular weight excluding hydrogens is 221 g/mol. The Kier molecular flexibility index (Phi) is 13.7. The van der Waals surface area contributed by atoms with Crippen LogP contribution in [0.25, 0.3) is 0 Å². The molecule has 1 aliphatic rings. The van der Waals surface area contributed by atoms with E-state index in [9.17, 15) is 4.39 Å². The average Bonchev–Trinajstić information content (AvgIpc) is 2.35. The monoisotopic (exact) mass is 245 g/mol. The smallest absolute Gasteiger partial charge is 0.0785 e. The summed E-state index contributed by atoms with van der Waals surface area (Å²) in [5.74, 6) is 1.17. The van der Waals surface area contributed by atoms with Crippen molar-refractivity contribution in [3.05, 3.63) is 35.4 Å². The molecule has 0 saturated carbocycles. The highest BCUT2D eigenvalue weighted by atomic mass is 32.2. The molecule has 0 unspecified atom stereocenters. The van der Waals surface area contributed by atoms with Gasteiger partial charge in [-0.05, 0) is 13.0 Å². The summed E-state index contributed by atoms with van der Waals surface area (Å²) in [7, 11) is 2.63. The van der Waals surface area contributed by atoms with E-state index in [1.54, 1.807) is 0 Å². The van der Waals surface area contributed by atoms with Crippen molar-refractivity contribution in [1.82, 2.24) is 4.90 Å². The molecule has 0 aromatic carbocycles. The molecule has 0 spiro atoms. The van der Waals surface area contributed by atoms with Gasteiger partial charge in [0.25, 0.3) is 0 Å². The van der Waals surface area contributed by atoms with Crippen molar-refractivity contribution in [1.29, 1.82) is 0 Å². The number of likely N-dealkylation sites (N-methyl/N-ethyl adjacent to an activating group) is 1. The number of alkyl halides is 1. The number of allylic oxidation sites excluding steroid dienone is 3. The van der Waals surface area contributed by atoms with Crippen molar-refractivity contribution in [2.24, 2.45) is 0 Å². The topological polar surface area (TPSA) is 3.24 Å². The van der Waals surface area contributed by atoms with Crippen molar-refractivity contribution in [2.45, 2.75) is 20.8 Å². The minimum Gasteiger partial charge on any atom is -0.373 e. The third-order valence-corrected chi connectivity index (χ3v) is 2.93. The molecule has 0 aromatic rings. The summed E-state index contributed by atoms with van der Waals surface area (Å²) in [6, 6.07) is 0. The molecular formula is C13H24FNS. The van der Waals surface area contributed by atoms with E-state index in [1.165, 1.54) is 16.4 Å². The first-order valence-corrected chi connectivity index (χ1v) is 6.49. The van der Waals surface area contributed by atoms with Gasteiger partial charge in [-0.2, -0.15) is 0 Å². The Bertz CT molecular complexity index is 234. The summed E-state index contributed by atoms with van der Waals surface area (Å²) in [4.78, 5) is 3.62. The summed E-state index contributed by atoms with van der Waals surface area (Å²) in [5.41, 5.74) is 1.33. The number of hydrogen-bond donors (Lipinski definition) is 0. The maximum absolute atomic E-state index is 9.50. The third-order valence-electron chi connectivity index (χ3n) is 1.89. The maximum Gasteiger partial charge on any atom is 0.0785 e. The molecule has 0 aromatic heterocycles. The van der Waals surface area contributed by atoms with Gasteiger partial charge in [-0.25, -0.2) is 0 Å². The van der Waals surface area contributed by atoms with Gasteiger partial charge in [-0.3, -0.25) is 4.39 Å². The summed E-state index contributed by atoms with van der Waals surface area (Å²) in [6.07, 6.45) is 6.09. The summed E-state index contributed by atoms with van der Waals surface area (Å²) < 4.78 is 9.50. The average molecular weight is 245 g/mol. The summed E-state index contributed by atoms with van der Waals surface area (Å²) in [6.45, 7) is 10.9. The van der Waals surface area contributed by atoms with Crippen LogP contribution < -0.4 is 0 Å². The molecule has 1 saturated heterocycles. The zero-order valence-corrected chi connectivity index (χ0v) is 11.9. The summed E-state index contributed by atoms with van der Waals surface area (Å²) >= 11 is 1.90. The van der Waals surface area contributed by atoms with Crippen LogP contribution in [0.2, 0.25) is 0 Å². The fourth-order valence-corrected chi connectivity index (χ4v) is 2.48. The van der Waals surface area contributed by atoms with E-state index in [0.717, 1.165) is 6.54 Å². The first kappa shape index (κ1) is 17.7. The van der Waals surface area contributed by atoms with E-state index in [-0.39, 0.29) is 0 Å². The molecule has 0 radical (unpaired) electrons. The van der Waals surface area contributed by atoms with Gasteiger partial charge in [0.1, 0.15) is 0 Å². The Balaban J connectivity index is 0. The molecule has 1 aliphatic heterocycles. The molecule has 94 valence electrons. The van der Waals surface area contributed by atoms with Crippen LogP contribution in [0.1, 0.15) is 20.8 Å². The Morgan fingerprint density at radius 2 is 1.94 bits per heavy atom. The van der Waals surface area contributed by atoms with Crippen LogP contribution in [0.15, 0.2) is 35.4 Å². The lowest BCUT2D eigenvalue weighted by molar-refractivity contribution is 0.451. The Morgan fingerprint density at radius 1 is 1.38 bits per heavy atom. The maximum atomic E-state index is 9.50. The van der Waals surface area contributed by atoms with Crippen LogP contribution >= 0.6 is 11.8 Å².